The van der Waals surface area contributed by atoms with E-state index in [1.807, 2.05) is 0 Å². The molecule has 0 aromatic carbocycles. The summed E-state index contributed by atoms with van der Waals surface area (Å²) in [6.07, 6.45) is 46.1. The summed E-state index contributed by atoms with van der Waals surface area (Å²) >= 11 is 0. The molecule has 0 fully saturated rings. The van der Waals surface area contributed by atoms with E-state index in [1.54, 1.807) is 0 Å². The van der Waals surface area contributed by atoms with Gasteiger partial charge < -0.3 is 24.6 Å². The molecule has 0 spiro atoms. The smallest absolute Gasteiger partial charge is 0.462 e. The summed E-state index contributed by atoms with van der Waals surface area (Å²) in [4.78, 5) is 35.0. The Morgan fingerprint density at radius 2 is 0.912 bits per heavy atom. The topological polar surface area (TPSA) is 149 Å². The predicted molar refractivity (Wildman–Crippen MR) is 233 cm³/mol. The average molecular weight is 825 g/mol. The van der Waals surface area contributed by atoms with E-state index in [0.29, 0.717) is 12.8 Å². The number of hydrogen-bond donors (Lipinski definition) is 3. The van der Waals surface area contributed by atoms with E-state index in [-0.39, 0.29) is 19.4 Å². The van der Waals surface area contributed by atoms with E-state index in [2.05, 4.69) is 79.1 Å². The lowest BCUT2D eigenvalue weighted by atomic mass is 10.1. The highest BCUT2D eigenvalue weighted by Gasteiger charge is 2.27. The molecule has 1 unspecified atom stereocenters. The van der Waals surface area contributed by atoms with Crippen LogP contribution in [0, 0.1) is 0 Å². The molecule has 0 aromatic rings. The number of unbranched alkanes of at least 4 members (excludes halogenated alkanes) is 17. The van der Waals surface area contributed by atoms with Gasteiger partial charge in [-0.25, -0.2) is 4.57 Å². The van der Waals surface area contributed by atoms with Crippen molar-refractivity contribution >= 4 is 19.8 Å². The second-order valence-corrected chi connectivity index (χ2v) is 16.2. The highest BCUT2D eigenvalue weighted by molar-refractivity contribution is 7.47. The number of ether oxygens (including phenoxy) is 2. The second-order valence-electron chi connectivity index (χ2n) is 14.7. The predicted octanol–water partition coefficient (Wildman–Crippen LogP) is 11.9. The molecule has 0 saturated carbocycles. The van der Waals surface area contributed by atoms with Gasteiger partial charge in [0.1, 0.15) is 12.7 Å². The van der Waals surface area contributed by atoms with Crippen molar-refractivity contribution < 1.29 is 47.8 Å². The largest absolute Gasteiger partial charge is 0.472 e. The Morgan fingerprint density at radius 1 is 0.526 bits per heavy atom. The third kappa shape index (κ3) is 41.6. The van der Waals surface area contributed by atoms with Gasteiger partial charge in [0.25, 0.3) is 0 Å². The molecule has 0 aliphatic heterocycles. The van der Waals surface area contributed by atoms with Gasteiger partial charge in [0.05, 0.1) is 19.8 Å². The van der Waals surface area contributed by atoms with Gasteiger partial charge in [-0.1, -0.05) is 145 Å². The van der Waals surface area contributed by atoms with Crippen molar-refractivity contribution in [2.24, 2.45) is 0 Å². The van der Waals surface area contributed by atoms with Gasteiger partial charge in [-0.05, 0) is 83.5 Å². The fourth-order valence-electron chi connectivity index (χ4n) is 5.68. The Balaban J connectivity index is 4.38. The lowest BCUT2D eigenvalue weighted by molar-refractivity contribution is -0.161. The van der Waals surface area contributed by atoms with E-state index >= 15 is 0 Å². The number of rotatable bonds is 41. The lowest BCUT2D eigenvalue weighted by Gasteiger charge is -2.20. The van der Waals surface area contributed by atoms with Gasteiger partial charge in [0.2, 0.25) is 0 Å². The van der Waals surface area contributed by atoms with E-state index in [9.17, 15) is 24.2 Å². The van der Waals surface area contributed by atoms with Crippen LogP contribution >= 0.6 is 7.82 Å². The van der Waals surface area contributed by atoms with Crippen molar-refractivity contribution in [3.63, 3.8) is 0 Å². The van der Waals surface area contributed by atoms with Gasteiger partial charge in [-0.2, -0.15) is 0 Å². The minimum Gasteiger partial charge on any atom is -0.462 e. The number of esters is 2. The van der Waals surface area contributed by atoms with Crippen LogP contribution in [0.25, 0.3) is 0 Å². The fourth-order valence-corrected chi connectivity index (χ4v) is 6.47. The summed E-state index contributed by atoms with van der Waals surface area (Å²) < 4.78 is 32.7. The summed E-state index contributed by atoms with van der Waals surface area (Å²) in [5.41, 5.74) is 0. The molecule has 330 valence electrons. The molecule has 0 amide bonds. The third-order valence-corrected chi connectivity index (χ3v) is 10.1. The van der Waals surface area contributed by atoms with Crippen LogP contribution in [0.2, 0.25) is 0 Å². The molecule has 0 aliphatic rings. The molecule has 0 bridgehead atoms. The van der Waals surface area contributed by atoms with Crippen molar-refractivity contribution in [2.45, 2.75) is 193 Å². The van der Waals surface area contributed by atoms with Crippen LogP contribution in [-0.2, 0) is 32.7 Å². The first kappa shape index (κ1) is 54.7. The van der Waals surface area contributed by atoms with Crippen molar-refractivity contribution in [1.29, 1.82) is 0 Å². The molecule has 0 saturated heterocycles. The quantitative estimate of drug-likeness (QED) is 0.0235. The Labute approximate surface area is 346 Å². The highest BCUT2D eigenvalue weighted by Crippen LogP contribution is 2.43. The number of carbonyl (C=O) groups is 2. The van der Waals surface area contributed by atoms with Crippen molar-refractivity contribution in [3.8, 4) is 0 Å². The maximum atomic E-state index is 12.6. The third-order valence-electron chi connectivity index (χ3n) is 9.14. The minimum atomic E-state index is -4.63. The van der Waals surface area contributed by atoms with Crippen molar-refractivity contribution in [3.05, 3.63) is 60.8 Å². The number of hydrogen-bond acceptors (Lipinski definition) is 9. The van der Waals surface area contributed by atoms with Gasteiger partial charge in [0, 0.05) is 12.8 Å². The van der Waals surface area contributed by atoms with E-state index in [4.69, 9.17) is 19.1 Å². The fraction of sp³-hybridized carbons (Fsp3) is 0.739. The number of carbonyl (C=O) groups excluding carboxylic acids is 2. The maximum Gasteiger partial charge on any atom is 0.472 e. The van der Waals surface area contributed by atoms with Crippen LogP contribution in [0.1, 0.15) is 181 Å². The van der Waals surface area contributed by atoms with Crippen molar-refractivity contribution in [2.75, 3.05) is 26.4 Å². The molecule has 10 nitrogen and oxygen atoms in total. The zero-order valence-electron chi connectivity index (χ0n) is 35.8. The number of phosphoric acid groups is 1. The normalized spacial score (nSPS) is 14.4. The van der Waals surface area contributed by atoms with Crippen LogP contribution in [0.5, 0.6) is 0 Å². The van der Waals surface area contributed by atoms with E-state index in [1.165, 1.54) is 64.2 Å². The first-order chi connectivity index (χ1) is 27.7. The molecule has 3 N–H and O–H groups in total. The number of allylic oxidation sites excluding steroid dienone is 10. The molecule has 3 atom stereocenters. The molecule has 57 heavy (non-hydrogen) atoms. The second kappa shape index (κ2) is 41.8. The Kier molecular flexibility index (Phi) is 40.1. The summed E-state index contributed by atoms with van der Waals surface area (Å²) in [5.74, 6) is -0.973. The van der Waals surface area contributed by atoms with Gasteiger partial charge in [0.15, 0.2) is 6.10 Å². The molecule has 0 radical (unpaired) electrons. The first-order valence-corrected chi connectivity index (χ1v) is 23.7. The molecule has 0 heterocycles. The van der Waals surface area contributed by atoms with Crippen LogP contribution in [0.4, 0.5) is 0 Å². The summed E-state index contributed by atoms with van der Waals surface area (Å²) in [6.45, 7) is 2.29. The van der Waals surface area contributed by atoms with Gasteiger partial charge >= 0.3 is 19.8 Å². The summed E-state index contributed by atoms with van der Waals surface area (Å²) in [5, 5.41) is 18.3. The summed E-state index contributed by atoms with van der Waals surface area (Å²) in [6, 6.07) is 0. The Bertz CT molecular complexity index is 1130. The summed E-state index contributed by atoms with van der Waals surface area (Å²) in [7, 11) is -4.63. The molecule has 0 rings (SSSR count). The molecule has 0 aromatic heterocycles. The minimum absolute atomic E-state index is 0.143. The molecular formula is C46H81O10P. The number of aliphatic hydroxyl groups is 2. The van der Waals surface area contributed by atoms with Crippen LogP contribution in [-0.4, -0.2) is 65.7 Å². The first-order valence-electron chi connectivity index (χ1n) is 22.2. The van der Waals surface area contributed by atoms with Gasteiger partial charge in [-0.15, -0.1) is 0 Å². The van der Waals surface area contributed by atoms with Crippen LogP contribution in [0.3, 0.4) is 0 Å². The van der Waals surface area contributed by atoms with Crippen molar-refractivity contribution in [1.82, 2.24) is 0 Å². The van der Waals surface area contributed by atoms with E-state index in [0.717, 1.165) is 77.0 Å². The van der Waals surface area contributed by atoms with Crippen LogP contribution in [0.15, 0.2) is 60.8 Å². The molecule has 11 heteroatoms. The zero-order chi connectivity index (χ0) is 41.9. The SMILES string of the molecule is CCCCC/C=C/C/C=C/C/C=C/C/C=C/CCCCCC(=O)O[C@H](COC(=O)CCCCCCC/C=C/CCCCCCCC)COP(=O)(O)OC[C@@H](O)CO. The van der Waals surface area contributed by atoms with E-state index < -0.39 is 51.8 Å². The zero-order valence-corrected chi connectivity index (χ0v) is 36.7. The van der Waals surface area contributed by atoms with Gasteiger partial charge in [-0.3, -0.25) is 18.6 Å². The standard InChI is InChI=1S/C46H81O10P/c1-3-5-7-9-11-13-15-17-19-20-21-22-24-26-28-30-32-34-36-38-46(50)56-44(42-55-57(51,52)54-40-43(48)39-47)41-53-45(49)37-35-33-31-29-27-25-23-18-16-14-12-10-8-6-4-2/h11,13,17-19,21-23,26,28,43-44,47-48H,3-10,12,14-16,20,24-25,27,29-42H2,1-2H3,(H,51,52)/b13-11+,19-17+,22-21+,23-18+,28-26+/t43-,44+/m0/s1. The molecular weight excluding hydrogens is 743 g/mol. The Morgan fingerprint density at radius 3 is 1.44 bits per heavy atom. The number of aliphatic hydroxyl groups excluding tert-OH is 2. The lowest BCUT2D eigenvalue weighted by Crippen LogP contribution is -2.29. The molecule has 0 aliphatic carbocycles. The highest BCUT2D eigenvalue weighted by atomic mass is 31.2. The maximum absolute atomic E-state index is 12.6. The average Bonchev–Trinajstić information content (AvgIpc) is 3.20. The monoisotopic (exact) mass is 825 g/mol. The Hall–Kier alpha value is -2.33. The number of phosphoric ester groups is 1. The van der Waals surface area contributed by atoms with Crippen LogP contribution < -0.4 is 0 Å².